The van der Waals surface area contributed by atoms with Gasteiger partial charge in [0.1, 0.15) is 5.82 Å². The molecule has 0 saturated carbocycles. The third kappa shape index (κ3) is 3.26. The van der Waals surface area contributed by atoms with Gasteiger partial charge in [0.05, 0.1) is 4.88 Å². The van der Waals surface area contributed by atoms with Gasteiger partial charge in [-0.3, -0.25) is 4.79 Å². The molecule has 1 aromatic heterocycles. The zero-order valence-electron chi connectivity index (χ0n) is 12.6. The van der Waals surface area contributed by atoms with Crippen LogP contribution in [-0.2, 0) is 0 Å². The highest BCUT2D eigenvalue weighted by molar-refractivity contribution is 7.21. The molecule has 22 heavy (non-hydrogen) atoms. The van der Waals surface area contributed by atoms with Gasteiger partial charge in [-0.2, -0.15) is 0 Å². The van der Waals surface area contributed by atoms with Crippen molar-refractivity contribution in [3.8, 4) is 0 Å². The number of carbonyl (C=O) groups is 1. The summed E-state index contributed by atoms with van der Waals surface area (Å²) in [5, 5.41) is 7.33. The number of piperidine rings is 1. The molecule has 1 aliphatic heterocycles. The zero-order valence-corrected chi connectivity index (χ0v) is 14.2. The van der Waals surface area contributed by atoms with Crippen LogP contribution in [0.3, 0.4) is 0 Å². The summed E-state index contributed by atoms with van der Waals surface area (Å²) in [6, 6.07) is 5.13. The molecule has 0 spiro atoms. The molecule has 0 bridgehead atoms. The molecule has 2 N–H and O–H groups in total. The molecular weight excluding hydrogens is 323 g/mol. The van der Waals surface area contributed by atoms with Gasteiger partial charge < -0.3 is 10.6 Å². The van der Waals surface area contributed by atoms with Crippen molar-refractivity contribution in [3.05, 3.63) is 34.5 Å². The summed E-state index contributed by atoms with van der Waals surface area (Å²) in [6.45, 7) is 4.99. The van der Waals surface area contributed by atoms with Crippen LogP contribution >= 0.6 is 23.7 Å². The lowest BCUT2D eigenvalue weighted by Gasteiger charge is -2.30. The van der Waals surface area contributed by atoms with E-state index >= 15 is 0 Å². The molecule has 1 aliphatic rings. The Bertz CT molecular complexity index is 688. The normalized spacial score (nSPS) is 21.4. The number of rotatable bonds is 2. The summed E-state index contributed by atoms with van der Waals surface area (Å²) in [5.74, 6) is -0.310. The van der Waals surface area contributed by atoms with Gasteiger partial charge in [0.15, 0.2) is 0 Å². The molecule has 3 nitrogen and oxygen atoms in total. The Kier molecular flexibility index (Phi) is 5.42. The van der Waals surface area contributed by atoms with Crippen molar-refractivity contribution < 1.29 is 9.18 Å². The summed E-state index contributed by atoms with van der Waals surface area (Å²) < 4.78 is 14.3. The van der Waals surface area contributed by atoms with Crippen LogP contribution in [0.4, 0.5) is 4.39 Å². The number of hydrogen-bond acceptors (Lipinski definition) is 3. The number of nitrogens with one attached hydrogen (secondary N) is 2. The van der Waals surface area contributed by atoms with E-state index in [1.54, 1.807) is 6.07 Å². The van der Waals surface area contributed by atoms with Crippen LogP contribution in [-0.4, -0.2) is 24.5 Å². The Morgan fingerprint density at radius 1 is 1.45 bits per heavy atom. The van der Waals surface area contributed by atoms with E-state index in [9.17, 15) is 9.18 Å². The predicted molar refractivity (Wildman–Crippen MR) is 91.7 cm³/mol. The summed E-state index contributed by atoms with van der Waals surface area (Å²) in [5.41, 5.74) is 0.864. The summed E-state index contributed by atoms with van der Waals surface area (Å²) in [7, 11) is 0. The van der Waals surface area contributed by atoms with Gasteiger partial charge in [0, 0.05) is 16.8 Å². The molecule has 1 amide bonds. The number of carbonyl (C=O) groups excluding carboxylic acids is 1. The van der Waals surface area contributed by atoms with E-state index in [1.807, 2.05) is 6.92 Å². The molecule has 1 fully saturated rings. The third-order valence-corrected chi connectivity index (χ3v) is 5.45. The molecule has 0 aliphatic carbocycles. The van der Waals surface area contributed by atoms with E-state index in [1.165, 1.54) is 23.5 Å². The topological polar surface area (TPSA) is 41.1 Å². The third-order valence-electron chi connectivity index (χ3n) is 4.18. The standard InChI is InChI=1S/C16H19FN2OS.ClH/c1-9-12-8-11(17)5-6-14(12)21-15(9)16(20)19-13-4-3-7-18-10(13)2;/h5-6,8,10,13,18H,3-4,7H2,1-2H3,(H,19,20);1H. The van der Waals surface area contributed by atoms with Gasteiger partial charge in [-0.15, -0.1) is 23.7 Å². The Morgan fingerprint density at radius 3 is 2.95 bits per heavy atom. The van der Waals surface area contributed by atoms with Gasteiger partial charge >= 0.3 is 0 Å². The number of amides is 1. The molecule has 1 aromatic carbocycles. The Hall–Kier alpha value is -1.17. The fraction of sp³-hybridized carbons (Fsp3) is 0.438. The van der Waals surface area contributed by atoms with Crippen LogP contribution in [0.15, 0.2) is 18.2 Å². The summed E-state index contributed by atoms with van der Waals surface area (Å²) in [4.78, 5) is 13.2. The minimum atomic E-state index is -0.263. The Labute approximate surface area is 139 Å². The second kappa shape index (κ2) is 6.94. The summed E-state index contributed by atoms with van der Waals surface area (Å²) >= 11 is 1.43. The number of fused-ring (bicyclic) bond motifs is 1. The molecular formula is C16H20ClFN2OS. The highest BCUT2D eigenvalue weighted by Crippen LogP contribution is 2.31. The van der Waals surface area contributed by atoms with Crippen molar-refractivity contribution in [2.75, 3.05) is 6.54 Å². The van der Waals surface area contributed by atoms with Crippen molar-refractivity contribution in [1.82, 2.24) is 10.6 Å². The highest BCUT2D eigenvalue weighted by atomic mass is 35.5. The maximum Gasteiger partial charge on any atom is 0.261 e. The fourth-order valence-electron chi connectivity index (χ4n) is 2.88. The van der Waals surface area contributed by atoms with Crippen LogP contribution < -0.4 is 10.6 Å². The minimum Gasteiger partial charge on any atom is -0.347 e. The molecule has 3 rings (SSSR count). The van der Waals surface area contributed by atoms with Crippen LogP contribution in [0.2, 0.25) is 0 Å². The average Bonchev–Trinajstić information content (AvgIpc) is 2.79. The minimum absolute atomic E-state index is 0. The SMILES string of the molecule is Cc1c(C(=O)NC2CCCNC2C)sc2ccc(F)cc12.Cl. The van der Waals surface area contributed by atoms with Gasteiger partial charge in [-0.05, 0) is 62.4 Å². The molecule has 0 radical (unpaired) electrons. The average molecular weight is 343 g/mol. The van der Waals surface area contributed by atoms with Gasteiger partial charge in [0.25, 0.3) is 5.91 Å². The van der Waals surface area contributed by atoms with E-state index in [4.69, 9.17) is 0 Å². The Morgan fingerprint density at radius 2 is 2.23 bits per heavy atom. The van der Waals surface area contributed by atoms with Gasteiger partial charge in [-0.25, -0.2) is 4.39 Å². The second-order valence-electron chi connectivity index (χ2n) is 5.66. The Balaban J connectivity index is 0.00000176. The van der Waals surface area contributed by atoms with Gasteiger partial charge in [-0.1, -0.05) is 0 Å². The maximum absolute atomic E-state index is 13.3. The molecule has 2 aromatic rings. The lowest BCUT2D eigenvalue weighted by molar-refractivity contribution is 0.0923. The van der Waals surface area contributed by atoms with Crippen molar-refractivity contribution in [3.63, 3.8) is 0 Å². The number of hydrogen-bond donors (Lipinski definition) is 2. The monoisotopic (exact) mass is 342 g/mol. The van der Waals surface area contributed by atoms with E-state index in [0.29, 0.717) is 4.88 Å². The van der Waals surface area contributed by atoms with E-state index in [-0.39, 0.29) is 36.2 Å². The van der Waals surface area contributed by atoms with Crippen molar-refractivity contribution in [2.24, 2.45) is 0 Å². The lowest BCUT2D eigenvalue weighted by atomic mass is 9.99. The molecule has 1 saturated heterocycles. The van der Waals surface area contributed by atoms with Crippen molar-refractivity contribution in [1.29, 1.82) is 0 Å². The molecule has 2 heterocycles. The maximum atomic E-state index is 13.3. The predicted octanol–water partition coefficient (Wildman–Crippen LogP) is 3.64. The largest absolute Gasteiger partial charge is 0.347 e. The van der Waals surface area contributed by atoms with E-state index in [2.05, 4.69) is 17.6 Å². The number of halogens is 2. The first kappa shape index (κ1) is 17.2. The van der Waals surface area contributed by atoms with Crippen molar-refractivity contribution >= 4 is 39.7 Å². The van der Waals surface area contributed by atoms with E-state index in [0.717, 1.165) is 35.0 Å². The first-order valence-electron chi connectivity index (χ1n) is 7.29. The molecule has 120 valence electrons. The molecule has 6 heteroatoms. The van der Waals surface area contributed by atoms with Crippen LogP contribution in [0, 0.1) is 12.7 Å². The molecule has 2 unspecified atom stereocenters. The van der Waals surface area contributed by atoms with E-state index < -0.39 is 0 Å². The van der Waals surface area contributed by atoms with Crippen LogP contribution in [0.25, 0.3) is 10.1 Å². The van der Waals surface area contributed by atoms with Crippen LogP contribution in [0.5, 0.6) is 0 Å². The van der Waals surface area contributed by atoms with Crippen LogP contribution in [0.1, 0.15) is 35.0 Å². The second-order valence-corrected chi connectivity index (χ2v) is 6.71. The number of aryl methyl sites for hydroxylation is 1. The summed E-state index contributed by atoms with van der Waals surface area (Å²) in [6.07, 6.45) is 2.07. The fourth-order valence-corrected chi connectivity index (χ4v) is 3.98. The first-order chi connectivity index (χ1) is 10.1. The quantitative estimate of drug-likeness (QED) is 0.874. The van der Waals surface area contributed by atoms with Gasteiger partial charge in [0.2, 0.25) is 0 Å². The first-order valence-corrected chi connectivity index (χ1v) is 8.11. The van der Waals surface area contributed by atoms with Crippen molar-refractivity contribution in [2.45, 2.75) is 38.8 Å². The molecule has 2 atom stereocenters. The lowest BCUT2D eigenvalue weighted by Crippen LogP contribution is -2.51. The smallest absolute Gasteiger partial charge is 0.261 e. The number of benzene rings is 1. The number of thiophene rings is 1. The zero-order chi connectivity index (χ0) is 15.0. The highest BCUT2D eigenvalue weighted by Gasteiger charge is 2.24.